The summed E-state index contributed by atoms with van der Waals surface area (Å²) in [5.74, 6) is 0.0734. The molecule has 1 atom stereocenters. The largest absolute Gasteiger partial charge is 0.497 e. The van der Waals surface area contributed by atoms with Crippen LogP contribution in [0.15, 0.2) is 60.8 Å². The van der Waals surface area contributed by atoms with Gasteiger partial charge in [0.25, 0.3) is 11.8 Å². The lowest BCUT2D eigenvalue weighted by atomic mass is 10.1. The molecular formula is C21H23N5O4. The molecule has 3 aromatic rings. The van der Waals surface area contributed by atoms with Gasteiger partial charge >= 0.3 is 0 Å². The van der Waals surface area contributed by atoms with Crippen LogP contribution in [0.3, 0.4) is 0 Å². The molecule has 9 nitrogen and oxygen atoms in total. The Hall–Kier alpha value is -3.72. The smallest absolute Gasteiger partial charge is 0.277 e. The van der Waals surface area contributed by atoms with Gasteiger partial charge in [0.05, 0.1) is 19.9 Å². The zero-order valence-electron chi connectivity index (χ0n) is 16.7. The Balaban J connectivity index is 1.50. The summed E-state index contributed by atoms with van der Waals surface area (Å²) in [6.45, 7) is 0.675. The average molecular weight is 409 g/mol. The van der Waals surface area contributed by atoms with Crippen molar-refractivity contribution in [2.24, 2.45) is 0 Å². The van der Waals surface area contributed by atoms with Crippen molar-refractivity contribution < 1.29 is 19.1 Å². The Morgan fingerprint density at radius 3 is 2.47 bits per heavy atom. The fourth-order valence-electron chi connectivity index (χ4n) is 2.79. The van der Waals surface area contributed by atoms with Gasteiger partial charge < -0.3 is 20.1 Å². The second-order valence-electron chi connectivity index (χ2n) is 6.37. The van der Waals surface area contributed by atoms with E-state index in [0.717, 1.165) is 5.56 Å². The van der Waals surface area contributed by atoms with Gasteiger partial charge in [-0.25, -0.2) is 4.68 Å². The zero-order valence-corrected chi connectivity index (χ0v) is 16.7. The van der Waals surface area contributed by atoms with E-state index >= 15 is 0 Å². The Bertz CT molecular complexity index is 973. The van der Waals surface area contributed by atoms with Gasteiger partial charge in [-0.2, -0.15) is 0 Å². The minimum absolute atomic E-state index is 0.177. The lowest BCUT2D eigenvalue weighted by Gasteiger charge is -2.15. The lowest BCUT2D eigenvalue weighted by molar-refractivity contribution is -0.131. The first kappa shape index (κ1) is 21.0. The fourth-order valence-corrected chi connectivity index (χ4v) is 2.79. The third-order valence-corrected chi connectivity index (χ3v) is 4.34. The monoisotopic (exact) mass is 409 g/mol. The number of carbonyl (C=O) groups is 2. The number of carbonyl (C=O) groups excluding carboxylic acids is 2. The SMILES string of the molecule is COc1ccc(NC(=O)c2cn(CCNC(=O)[C@@H](OC)c3ccccc3)nn2)cc1. The van der Waals surface area contributed by atoms with Gasteiger partial charge in [0.1, 0.15) is 5.75 Å². The van der Waals surface area contributed by atoms with E-state index < -0.39 is 6.10 Å². The Morgan fingerprint density at radius 2 is 1.80 bits per heavy atom. The first-order valence-electron chi connectivity index (χ1n) is 9.31. The van der Waals surface area contributed by atoms with Gasteiger partial charge in [0, 0.05) is 19.3 Å². The Labute approximate surface area is 174 Å². The van der Waals surface area contributed by atoms with E-state index in [-0.39, 0.29) is 17.5 Å². The molecule has 2 N–H and O–H groups in total. The van der Waals surface area contributed by atoms with Crippen molar-refractivity contribution in [2.75, 3.05) is 26.1 Å². The minimum atomic E-state index is -0.687. The fraction of sp³-hybridized carbons (Fsp3) is 0.238. The highest BCUT2D eigenvalue weighted by molar-refractivity contribution is 6.02. The molecule has 1 heterocycles. The van der Waals surface area contributed by atoms with E-state index in [1.165, 1.54) is 18.0 Å². The number of hydrogen-bond donors (Lipinski definition) is 2. The molecule has 1 aromatic heterocycles. The van der Waals surface area contributed by atoms with E-state index in [9.17, 15) is 9.59 Å². The molecule has 30 heavy (non-hydrogen) atoms. The van der Waals surface area contributed by atoms with Crippen LogP contribution in [0.5, 0.6) is 5.75 Å². The number of anilines is 1. The van der Waals surface area contributed by atoms with Gasteiger partial charge in [-0.1, -0.05) is 35.5 Å². The molecule has 0 spiro atoms. The van der Waals surface area contributed by atoms with Gasteiger partial charge in [-0.05, 0) is 29.8 Å². The highest BCUT2D eigenvalue weighted by Crippen LogP contribution is 2.16. The van der Waals surface area contributed by atoms with E-state index in [0.29, 0.717) is 24.5 Å². The minimum Gasteiger partial charge on any atom is -0.497 e. The van der Waals surface area contributed by atoms with Crippen LogP contribution in [0, 0.1) is 0 Å². The van der Waals surface area contributed by atoms with E-state index in [4.69, 9.17) is 9.47 Å². The number of hydrogen-bond acceptors (Lipinski definition) is 6. The van der Waals surface area contributed by atoms with Crippen molar-refractivity contribution in [1.82, 2.24) is 20.3 Å². The molecule has 0 saturated heterocycles. The summed E-state index contributed by atoms with van der Waals surface area (Å²) in [5, 5.41) is 13.4. The van der Waals surface area contributed by atoms with Gasteiger partial charge in [-0.3, -0.25) is 9.59 Å². The number of benzene rings is 2. The molecule has 3 rings (SSSR count). The number of nitrogens with one attached hydrogen (secondary N) is 2. The van der Waals surface area contributed by atoms with Crippen molar-refractivity contribution in [2.45, 2.75) is 12.6 Å². The summed E-state index contributed by atoms with van der Waals surface area (Å²) >= 11 is 0. The molecular weight excluding hydrogens is 386 g/mol. The Morgan fingerprint density at radius 1 is 1.07 bits per heavy atom. The maximum absolute atomic E-state index is 12.4. The second kappa shape index (κ2) is 10.2. The van der Waals surface area contributed by atoms with Crippen LogP contribution in [0.1, 0.15) is 22.2 Å². The van der Waals surface area contributed by atoms with Crippen molar-refractivity contribution in [1.29, 1.82) is 0 Å². The molecule has 2 amide bonds. The molecule has 0 unspecified atom stereocenters. The normalized spacial score (nSPS) is 11.5. The summed E-state index contributed by atoms with van der Waals surface area (Å²) in [4.78, 5) is 24.7. The summed E-state index contributed by atoms with van der Waals surface area (Å²) in [5.41, 5.74) is 1.57. The van der Waals surface area contributed by atoms with Crippen LogP contribution in [0.2, 0.25) is 0 Å². The van der Waals surface area contributed by atoms with Gasteiger partial charge in [0.15, 0.2) is 11.8 Å². The van der Waals surface area contributed by atoms with Crippen molar-refractivity contribution >= 4 is 17.5 Å². The predicted octanol–water partition coefficient (Wildman–Crippen LogP) is 2.04. The molecule has 0 bridgehead atoms. The zero-order chi connectivity index (χ0) is 21.3. The van der Waals surface area contributed by atoms with Crippen molar-refractivity contribution in [3.8, 4) is 5.75 Å². The topological polar surface area (TPSA) is 107 Å². The van der Waals surface area contributed by atoms with E-state index in [2.05, 4.69) is 20.9 Å². The van der Waals surface area contributed by atoms with Gasteiger partial charge in [-0.15, -0.1) is 5.10 Å². The maximum Gasteiger partial charge on any atom is 0.277 e. The second-order valence-corrected chi connectivity index (χ2v) is 6.37. The van der Waals surface area contributed by atoms with Crippen molar-refractivity contribution in [3.05, 3.63) is 72.1 Å². The molecule has 0 aliphatic carbocycles. The molecule has 9 heteroatoms. The summed E-state index contributed by atoms with van der Waals surface area (Å²) in [6.07, 6.45) is 0.837. The standard InChI is InChI=1S/C21H23N5O4/c1-29-17-10-8-16(9-11-17)23-20(27)18-14-26(25-24-18)13-12-22-21(28)19(30-2)15-6-4-3-5-7-15/h3-11,14,19H,12-13H2,1-2H3,(H,22,28)(H,23,27)/t19-/m0/s1. The molecule has 0 saturated carbocycles. The van der Waals surface area contributed by atoms with Crippen LogP contribution >= 0.6 is 0 Å². The quantitative estimate of drug-likeness (QED) is 0.560. The summed E-state index contributed by atoms with van der Waals surface area (Å²) in [7, 11) is 3.06. The number of rotatable bonds is 9. The molecule has 0 aliphatic rings. The summed E-state index contributed by atoms with van der Waals surface area (Å²) < 4.78 is 11.9. The van der Waals surface area contributed by atoms with Crippen LogP contribution in [0.25, 0.3) is 0 Å². The van der Waals surface area contributed by atoms with Crippen LogP contribution < -0.4 is 15.4 Å². The van der Waals surface area contributed by atoms with Crippen LogP contribution in [0.4, 0.5) is 5.69 Å². The molecule has 0 aliphatic heterocycles. The third kappa shape index (κ3) is 5.42. The molecule has 0 radical (unpaired) electrons. The highest BCUT2D eigenvalue weighted by atomic mass is 16.5. The number of methoxy groups -OCH3 is 2. The first-order valence-corrected chi connectivity index (χ1v) is 9.31. The van der Waals surface area contributed by atoms with Gasteiger partial charge in [0.2, 0.25) is 0 Å². The maximum atomic E-state index is 12.4. The number of amides is 2. The first-order chi connectivity index (χ1) is 14.6. The molecule has 0 fully saturated rings. The number of nitrogens with zero attached hydrogens (tertiary/aromatic N) is 3. The average Bonchev–Trinajstić information content (AvgIpc) is 3.25. The van der Waals surface area contributed by atoms with E-state index in [1.54, 1.807) is 31.4 Å². The number of aromatic nitrogens is 3. The molecule has 2 aromatic carbocycles. The number of ether oxygens (including phenoxy) is 2. The highest BCUT2D eigenvalue weighted by Gasteiger charge is 2.19. The predicted molar refractivity (Wildman–Crippen MR) is 110 cm³/mol. The molecule has 156 valence electrons. The lowest BCUT2D eigenvalue weighted by Crippen LogP contribution is -2.32. The van der Waals surface area contributed by atoms with Crippen molar-refractivity contribution in [3.63, 3.8) is 0 Å². The van der Waals surface area contributed by atoms with E-state index in [1.807, 2.05) is 30.3 Å². The Kier molecular flexibility index (Phi) is 7.12. The third-order valence-electron chi connectivity index (χ3n) is 4.34. The van der Waals surface area contributed by atoms with Crippen LogP contribution in [-0.2, 0) is 16.1 Å². The van der Waals surface area contributed by atoms with Crippen LogP contribution in [-0.4, -0.2) is 47.6 Å². The summed E-state index contributed by atoms with van der Waals surface area (Å²) in [6, 6.07) is 16.2.